The van der Waals surface area contributed by atoms with Crippen LogP contribution in [-0.2, 0) is 6.54 Å². The second-order valence-corrected chi connectivity index (χ2v) is 6.52. The van der Waals surface area contributed by atoms with Gasteiger partial charge in [-0.15, -0.1) is 0 Å². The van der Waals surface area contributed by atoms with Crippen molar-refractivity contribution in [3.63, 3.8) is 0 Å². The predicted molar refractivity (Wildman–Crippen MR) is 92.5 cm³/mol. The van der Waals surface area contributed by atoms with E-state index in [9.17, 15) is 9.59 Å². The Bertz CT molecular complexity index is 533. The van der Waals surface area contributed by atoms with Crippen molar-refractivity contribution in [2.75, 3.05) is 13.1 Å². The molecule has 0 saturated heterocycles. The van der Waals surface area contributed by atoms with E-state index in [1.807, 2.05) is 6.07 Å². The number of carbonyl (C=O) groups is 1. The van der Waals surface area contributed by atoms with E-state index in [-0.39, 0.29) is 11.6 Å². The van der Waals surface area contributed by atoms with Crippen LogP contribution >= 0.6 is 0 Å². The first kappa shape index (κ1) is 17.6. The second kappa shape index (κ2) is 9.38. The minimum atomic E-state index is -0.0944. The van der Waals surface area contributed by atoms with Crippen molar-refractivity contribution in [1.29, 1.82) is 0 Å². The molecule has 1 aromatic rings. The lowest BCUT2D eigenvalue weighted by molar-refractivity contribution is 0.229. The molecule has 0 spiro atoms. The van der Waals surface area contributed by atoms with Gasteiger partial charge in [-0.25, -0.2) is 4.79 Å². The van der Waals surface area contributed by atoms with Crippen molar-refractivity contribution in [3.05, 3.63) is 34.7 Å². The normalized spacial score (nSPS) is 20.9. The Hall–Kier alpha value is -1.78. The van der Waals surface area contributed by atoms with Gasteiger partial charge in [-0.05, 0) is 37.2 Å². The van der Waals surface area contributed by atoms with E-state index in [1.54, 1.807) is 22.9 Å². The summed E-state index contributed by atoms with van der Waals surface area (Å²) in [5.41, 5.74) is -0.000339. The summed E-state index contributed by atoms with van der Waals surface area (Å²) < 4.78 is 1.66. The highest BCUT2D eigenvalue weighted by molar-refractivity contribution is 5.73. The molecule has 2 amide bonds. The van der Waals surface area contributed by atoms with Crippen LogP contribution in [0.3, 0.4) is 0 Å². The van der Waals surface area contributed by atoms with Gasteiger partial charge in [0.25, 0.3) is 0 Å². The molecule has 2 N–H and O–H groups in total. The minimum absolute atomic E-state index is 0.000339. The van der Waals surface area contributed by atoms with Crippen LogP contribution in [0.1, 0.15) is 45.4 Å². The number of amides is 2. The lowest BCUT2D eigenvalue weighted by Gasteiger charge is -2.27. The number of aryl methyl sites for hydroxylation is 1. The lowest BCUT2D eigenvalue weighted by Crippen LogP contribution is -2.39. The number of urea groups is 1. The third-order valence-electron chi connectivity index (χ3n) is 4.86. The van der Waals surface area contributed by atoms with Gasteiger partial charge in [0.15, 0.2) is 0 Å². The molecule has 1 aliphatic rings. The SMILES string of the molecule is CCC1CCC(CNC(=O)NCCCn2ccccc2=O)CC1. The molecule has 128 valence electrons. The molecule has 0 bridgehead atoms. The highest BCUT2D eigenvalue weighted by Gasteiger charge is 2.20. The molecule has 0 aliphatic heterocycles. The molecule has 0 radical (unpaired) electrons. The summed E-state index contributed by atoms with van der Waals surface area (Å²) >= 11 is 0. The maximum Gasteiger partial charge on any atom is 0.314 e. The summed E-state index contributed by atoms with van der Waals surface area (Å²) in [4.78, 5) is 23.3. The number of carbonyl (C=O) groups excluding carboxylic acids is 1. The Kier molecular flexibility index (Phi) is 7.17. The summed E-state index contributed by atoms with van der Waals surface area (Å²) in [6.45, 7) is 4.25. The highest BCUT2D eigenvalue weighted by atomic mass is 16.2. The largest absolute Gasteiger partial charge is 0.338 e. The standard InChI is InChI=1S/C18H29N3O2/c1-2-15-7-9-16(10-8-15)14-20-18(23)19-11-5-13-21-12-4-3-6-17(21)22/h3-4,6,12,15-16H,2,5,7-11,13-14H2,1H3,(H2,19,20,23). The van der Waals surface area contributed by atoms with Crippen LogP contribution in [0.4, 0.5) is 4.79 Å². The average molecular weight is 319 g/mol. The summed E-state index contributed by atoms with van der Waals surface area (Å²) in [6, 6.07) is 5.03. The van der Waals surface area contributed by atoms with Crippen LogP contribution in [0.2, 0.25) is 0 Å². The van der Waals surface area contributed by atoms with Crippen LogP contribution in [0.15, 0.2) is 29.2 Å². The summed E-state index contributed by atoms with van der Waals surface area (Å²) in [5.74, 6) is 1.52. The van der Waals surface area contributed by atoms with E-state index in [1.165, 1.54) is 32.1 Å². The monoisotopic (exact) mass is 319 g/mol. The minimum Gasteiger partial charge on any atom is -0.338 e. The van der Waals surface area contributed by atoms with Gasteiger partial charge in [0.2, 0.25) is 5.56 Å². The summed E-state index contributed by atoms with van der Waals surface area (Å²) in [5, 5.41) is 5.84. The number of rotatable bonds is 7. The smallest absolute Gasteiger partial charge is 0.314 e. The van der Waals surface area contributed by atoms with Gasteiger partial charge >= 0.3 is 6.03 Å². The number of nitrogens with zero attached hydrogens (tertiary/aromatic N) is 1. The third-order valence-corrected chi connectivity index (χ3v) is 4.86. The van der Waals surface area contributed by atoms with Gasteiger partial charge in [-0.2, -0.15) is 0 Å². The maximum atomic E-state index is 11.8. The summed E-state index contributed by atoms with van der Waals surface area (Å²) in [6.07, 6.45) is 8.87. The molecular weight excluding hydrogens is 290 g/mol. The van der Waals surface area contributed by atoms with Gasteiger partial charge in [-0.3, -0.25) is 4.79 Å². The molecule has 23 heavy (non-hydrogen) atoms. The fraction of sp³-hybridized carbons (Fsp3) is 0.667. The van der Waals surface area contributed by atoms with Gasteiger partial charge in [0, 0.05) is 31.9 Å². The molecule has 1 heterocycles. The van der Waals surface area contributed by atoms with E-state index >= 15 is 0 Å². The van der Waals surface area contributed by atoms with Gasteiger partial charge < -0.3 is 15.2 Å². The molecule has 2 rings (SSSR count). The molecule has 1 saturated carbocycles. The topological polar surface area (TPSA) is 63.1 Å². The third kappa shape index (κ3) is 6.08. The van der Waals surface area contributed by atoms with Crippen molar-refractivity contribution in [2.45, 2.75) is 52.0 Å². The van der Waals surface area contributed by atoms with Crippen molar-refractivity contribution >= 4 is 6.03 Å². The molecule has 0 unspecified atom stereocenters. The molecule has 0 aromatic carbocycles. The molecule has 5 nitrogen and oxygen atoms in total. The number of hydrogen-bond acceptors (Lipinski definition) is 2. The zero-order valence-electron chi connectivity index (χ0n) is 14.1. The Labute approximate surface area is 138 Å². The average Bonchev–Trinajstić information content (AvgIpc) is 2.59. The van der Waals surface area contributed by atoms with Crippen LogP contribution in [0.25, 0.3) is 0 Å². The van der Waals surface area contributed by atoms with Crippen molar-refractivity contribution in [3.8, 4) is 0 Å². The molecule has 5 heteroatoms. The van der Waals surface area contributed by atoms with Crippen molar-refractivity contribution in [2.24, 2.45) is 11.8 Å². The van der Waals surface area contributed by atoms with E-state index in [4.69, 9.17) is 0 Å². The van der Waals surface area contributed by atoms with E-state index in [2.05, 4.69) is 17.6 Å². The second-order valence-electron chi connectivity index (χ2n) is 6.52. The van der Waals surface area contributed by atoms with Crippen LogP contribution < -0.4 is 16.2 Å². The fourth-order valence-electron chi connectivity index (χ4n) is 3.24. The zero-order chi connectivity index (χ0) is 16.5. The van der Waals surface area contributed by atoms with Crippen LogP contribution in [0.5, 0.6) is 0 Å². The molecule has 1 aliphatic carbocycles. The Morgan fingerprint density at radius 1 is 1.17 bits per heavy atom. The van der Waals surface area contributed by atoms with E-state index in [0.717, 1.165) is 18.9 Å². The molecule has 1 aromatic heterocycles. The van der Waals surface area contributed by atoms with Crippen LogP contribution in [0, 0.1) is 11.8 Å². The van der Waals surface area contributed by atoms with Gasteiger partial charge in [-0.1, -0.05) is 32.3 Å². The Morgan fingerprint density at radius 2 is 1.91 bits per heavy atom. The number of aromatic nitrogens is 1. The van der Waals surface area contributed by atoms with Crippen molar-refractivity contribution < 1.29 is 4.79 Å². The fourth-order valence-corrected chi connectivity index (χ4v) is 3.24. The quantitative estimate of drug-likeness (QED) is 0.759. The number of hydrogen-bond donors (Lipinski definition) is 2. The Morgan fingerprint density at radius 3 is 2.61 bits per heavy atom. The molecule has 0 atom stereocenters. The first-order valence-corrected chi connectivity index (χ1v) is 8.86. The lowest BCUT2D eigenvalue weighted by atomic mass is 9.81. The molecule has 1 fully saturated rings. The van der Waals surface area contributed by atoms with Crippen molar-refractivity contribution in [1.82, 2.24) is 15.2 Å². The van der Waals surface area contributed by atoms with E-state index in [0.29, 0.717) is 19.0 Å². The number of pyridine rings is 1. The van der Waals surface area contributed by atoms with E-state index < -0.39 is 0 Å². The van der Waals surface area contributed by atoms with Crippen LogP contribution in [-0.4, -0.2) is 23.7 Å². The molecular formula is C18H29N3O2. The zero-order valence-corrected chi connectivity index (χ0v) is 14.1. The van der Waals surface area contributed by atoms with Gasteiger partial charge in [0.05, 0.1) is 0 Å². The maximum absolute atomic E-state index is 11.8. The van der Waals surface area contributed by atoms with Gasteiger partial charge in [0.1, 0.15) is 0 Å². The predicted octanol–water partition coefficient (Wildman–Crippen LogP) is 2.75. The first-order valence-electron chi connectivity index (χ1n) is 8.86. The summed E-state index contributed by atoms with van der Waals surface area (Å²) in [7, 11) is 0. The number of nitrogens with one attached hydrogen (secondary N) is 2. The Balaban J connectivity index is 1.55. The first-order chi connectivity index (χ1) is 11.2. The highest BCUT2D eigenvalue weighted by Crippen LogP contribution is 2.29.